The van der Waals surface area contributed by atoms with E-state index in [9.17, 15) is 10.1 Å². The second-order valence-corrected chi connectivity index (χ2v) is 12.8. The van der Waals surface area contributed by atoms with Crippen LogP contribution >= 0.6 is 11.6 Å². The molecular weight excluding hydrogens is 566 g/mol. The lowest BCUT2D eigenvalue weighted by atomic mass is 9.82. The number of hydrogen-bond donors (Lipinski definition) is 2. The standard InChI is InChI=1S/C33H44ClN5O4/c1-3-42-31(40)33(11-12-33)43-20-23(2)38-25-9-7-24(8-10-25)17-26-18-27(28(34)19-36-26)29-5-4-6-30(39-29)37-22-32(21-35)13-15-41-16-14-32/h4-6,18-19,23-25,38H,3,7-17,20,22H2,1-2H3,(H,37,39)/t23-,24?,25?/m0/s1. The van der Waals surface area contributed by atoms with Crippen molar-refractivity contribution >= 4 is 23.4 Å². The van der Waals surface area contributed by atoms with Gasteiger partial charge in [0.2, 0.25) is 0 Å². The number of nitrogens with zero attached hydrogens (tertiary/aromatic N) is 3. The van der Waals surface area contributed by atoms with Gasteiger partial charge in [0.15, 0.2) is 5.60 Å². The lowest BCUT2D eigenvalue weighted by molar-refractivity contribution is -0.160. The number of hydrogen-bond acceptors (Lipinski definition) is 9. The maximum Gasteiger partial charge on any atom is 0.338 e. The molecule has 0 radical (unpaired) electrons. The average molecular weight is 610 g/mol. The highest BCUT2D eigenvalue weighted by molar-refractivity contribution is 6.33. The minimum atomic E-state index is -0.702. The number of pyridine rings is 2. The summed E-state index contributed by atoms with van der Waals surface area (Å²) >= 11 is 6.60. The van der Waals surface area contributed by atoms with E-state index in [1.165, 1.54) is 0 Å². The molecule has 10 heteroatoms. The molecule has 0 unspecified atom stereocenters. The monoisotopic (exact) mass is 609 g/mol. The highest BCUT2D eigenvalue weighted by Gasteiger charge is 2.53. The van der Waals surface area contributed by atoms with Crippen LogP contribution in [-0.4, -0.2) is 66.6 Å². The maximum absolute atomic E-state index is 12.2. The molecule has 3 fully saturated rings. The van der Waals surface area contributed by atoms with Crippen LogP contribution < -0.4 is 10.6 Å². The van der Waals surface area contributed by atoms with Crippen molar-refractivity contribution in [2.45, 2.75) is 89.3 Å². The molecular formula is C33H44ClN5O4. The van der Waals surface area contributed by atoms with Gasteiger partial charge in [0.25, 0.3) is 0 Å². The lowest BCUT2D eigenvalue weighted by Crippen LogP contribution is -2.43. The van der Waals surface area contributed by atoms with Crippen molar-refractivity contribution < 1.29 is 19.0 Å². The molecule has 2 saturated carbocycles. The molecule has 5 rings (SSSR count). The summed E-state index contributed by atoms with van der Waals surface area (Å²) in [6.45, 7) is 6.61. The van der Waals surface area contributed by atoms with Crippen LogP contribution in [0.1, 0.15) is 70.9 Å². The summed E-state index contributed by atoms with van der Waals surface area (Å²) in [6, 6.07) is 11.0. The van der Waals surface area contributed by atoms with Gasteiger partial charge in [-0.2, -0.15) is 5.26 Å². The molecule has 0 aromatic carbocycles. The van der Waals surface area contributed by atoms with E-state index in [1.54, 1.807) is 6.20 Å². The highest BCUT2D eigenvalue weighted by atomic mass is 35.5. The van der Waals surface area contributed by atoms with Crippen molar-refractivity contribution in [2.75, 3.05) is 38.3 Å². The van der Waals surface area contributed by atoms with Gasteiger partial charge >= 0.3 is 5.97 Å². The quantitative estimate of drug-likeness (QED) is 0.275. The summed E-state index contributed by atoms with van der Waals surface area (Å²) < 4.78 is 16.6. The van der Waals surface area contributed by atoms with E-state index in [2.05, 4.69) is 34.7 Å². The summed E-state index contributed by atoms with van der Waals surface area (Å²) in [6.07, 6.45) is 10.0. The third-order valence-corrected chi connectivity index (χ3v) is 9.36. The van der Waals surface area contributed by atoms with Crippen LogP contribution in [0.25, 0.3) is 11.3 Å². The smallest absolute Gasteiger partial charge is 0.338 e. The molecule has 2 N–H and O–H groups in total. The van der Waals surface area contributed by atoms with Gasteiger partial charge in [0.05, 0.1) is 35.4 Å². The summed E-state index contributed by atoms with van der Waals surface area (Å²) in [7, 11) is 0. The van der Waals surface area contributed by atoms with Crippen molar-refractivity contribution in [3.8, 4) is 17.3 Å². The summed E-state index contributed by atoms with van der Waals surface area (Å²) in [5.41, 5.74) is 1.55. The number of nitrogens with one attached hydrogen (secondary N) is 2. The van der Waals surface area contributed by atoms with Gasteiger partial charge < -0.3 is 24.8 Å². The van der Waals surface area contributed by atoms with Crippen LogP contribution in [0.5, 0.6) is 0 Å². The van der Waals surface area contributed by atoms with Gasteiger partial charge in [0.1, 0.15) is 5.82 Å². The van der Waals surface area contributed by atoms with Crippen LogP contribution in [0, 0.1) is 22.7 Å². The molecule has 2 aliphatic carbocycles. The van der Waals surface area contributed by atoms with Gasteiger partial charge in [0, 0.05) is 49.3 Å². The third-order valence-electron chi connectivity index (χ3n) is 9.06. The first kappa shape index (κ1) is 31.6. The summed E-state index contributed by atoms with van der Waals surface area (Å²) in [5.74, 6) is 1.07. The fourth-order valence-corrected chi connectivity index (χ4v) is 6.37. The molecule has 1 atom stereocenters. The second-order valence-electron chi connectivity index (χ2n) is 12.4. The topological polar surface area (TPSA) is 118 Å². The van der Waals surface area contributed by atoms with Crippen LogP contribution in [0.3, 0.4) is 0 Å². The normalized spacial score (nSPS) is 23.1. The van der Waals surface area contributed by atoms with Crippen LogP contribution in [0.2, 0.25) is 5.02 Å². The molecule has 2 aromatic heterocycles. The molecule has 3 aliphatic rings. The molecule has 3 heterocycles. The number of carbonyl (C=O) groups is 1. The van der Waals surface area contributed by atoms with E-state index in [4.69, 9.17) is 30.8 Å². The Hall–Kier alpha value is -2.77. The van der Waals surface area contributed by atoms with Crippen LogP contribution in [-0.2, 0) is 25.4 Å². The zero-order valence-electron chi connectivity index (χ0n) is 25.4. The fraction of sp³-hybridized carbons (Fsp3) is 0.636. The number of ether oxygens (including phenoxy) is 3. The molecule has 0 spiro atoms. The van der Waals surface area contributed by atoms with E-state index in [1.807, 2.05) is 25.1 Å². The van der Waals surface area contributed by atoms with E-state index >= 15 is 0 Å². The summed E-state index contributed by atoms with van der Waals surface area (Å²) in [5, 5.41) is 17.4. The second kappa shape index (κ2) is 14.3. The minimum Gasteiger partial charge on any atom is -0.464 e. The molecule has 1 saturated heterocycles. The predicted molar refractivity (Wildman–Crippen MR) is 166 cm³/mol. The molecule has 1 aliphatic heterocycles. The van der Waals surface area contributed by atoms with Gasteiger partial charge in [-0.25, -0.2) is 9.78 Å². The van der Waals surface area contributed by atoms with E-state index < -0.39 is 11.0 Å². The Bertz CT molecular complexity index is 1280. The third kappa shape index (κ3) is 8.24. The lowest BCUT2D eigenvalue weighted by Gasteiger charge is -2.31. The Labute approximate surface area is 260 Å². The van der Waals surface area contributed by atoms with E-state index in [0.717, 1.165) is 80.6 Å². The Morgan fingerprint density at radius 2 is 1.98 bits per heavy atom. The first-order valence-electron chi connectivity index (χ1n) is 15.8. The molecule has 9 nitrogen and oxygen atoms in total. The summed E-state index contributed by atoms with van der Waals surface area (Å²) in [4.78, 5) is 21.6. The number of esters is 1. The van der Waals surface area contributed by atoms with E-state index in [-0.39, 0.29) is 12.0 Å². The van der Waals surface area contributed by atoms with E-state index in [0.29, 0.717) is 50.0 Å². The van der Waals surface area contributed by atoms with Gasteiger partial charge in [-0.05, 0) is 95.8 Å². The Kier molecular flexibility index (Phi) is 10.6. The Morgan fingerprint density at radius 3 is 2.67 bits per heavy atom. The molecule has 232 valence electrons. The van der Waals surface area contributed by atoms with Gasteiger partial charge in [-0.15, -0.1) is 0 Å². The molecule has 43 heavy (non-hydrogen) atoms. The van der Waals surface area contributed by atoms with Crippen molar-refractivity contribution in [1.82, 2.24) is 15.3 Å². The van der Waals surface area contributed by atoms with Crippen molar-refractivity contribution in [2.24, 2.45) is 11.3 Å². The van der Waals surface area contributed by atoms with Crippen molar-refractivity contribution in [1.29, 1.82) is 5.26 Å². The van der Waals surface area contributed by atoms with Crippen LogP contribution in [0.15, 0.2) is 30.5 Å². The molecule has 0 amide bonds. The SMILES string of the molecule is CCOC(=O)C1(OC[C@H](C)NC2CCC(Cc3cc(-c4cccc(NCC5(C#N)CCOCC5)n4)c(Cl)cn3)CC2)CC1. The fourth-order valence-electron chi connectivity index (χ4n) is 6.17. The zero-order valence-corrected chi connectivity index (χ0v) is 26.1. The van der Waals surface area contributed by atoms with Crippen LogP contribution in [0.4, 0.5) is 5.82 Å². The number of rotatable bonds is 13. The van der Waals surface area contributed by atoms with Gasteiger partial charge in [-0.1, -0.05) is 17.7 Å². The zero-order chi connectivity index (χ0) is 30.3. The van der Waals surface area contributed by atoms with Gasteiger partial charge in [-0.3, -0.25) is 4.98 Å². The maximum atomic E-state index is 12.2. The number of aromatic nitrogens is 2. The van der Waals surface area contributed by atoms with Crippen molar-refractivity contribution in [3.63, 3.8) is 0 Å². The average Bonchev–Trinajstić information content (AvgIpc) is 3.83. The number of nitriles is 1. The number of halogens is 1. The molecule has 0 bridgehead atoms. The Morgan fingerprint density at radius 1 is 1.21 bits per heavy atom. The largest absolute Gasteiger partial charge is 0.464 e. The first-order chi connectivity index (χ1) is 20.8. The van der Waals surface area contributed by atoms with Crippen molar-refractivity contribution in [3.05, 3.63) is 41.2 Å². The molecule has 2 aromatic rings. The predicted octanol–water partition coefficient (Wildman–Crippen LogP) is 5.72. The Balaban J connectivity index is 1.11. The highest BCUT2D eigenvalue weighted by Crippen LogP contribution is 2.41. The number of carbonyl (C=O) groups excluding carboxylic acids is 1. The minimum absolute atomic E-state index is 0.175. The number of anilines is 1. The first-order valence-corrected chi connectivity index (χ1v) is 16.1.